The maximum Gasteiger partial charge on any atom is 0.234 e. The molecule has 8 nitrogen and oxygen atoms in total. The summed E-state index contributed by atoms with van der Waals surface area (Å²) < 4.78 is 21.8. The zero-order chi connectivity index (χ0) is 23.6. The summed E-state index contributed by atoms with van der Waals surface area (Å²) in [7, 11) is 6.68. The lowest BCUT2D eigenvalue weighted by atomic mass is 10.1. The Labute approximate surface area is 196 Å². The highest BCUT2D eigenvalue weighted by Gasteiger charge is 2.18. The standard InChI is InChI=1S/C25H35N3O5/c1-27(16-21-9-10-22(30-2)25(32-4)24(21)31-3)18-23(29)26-15-19-7-5-6-8-20(19)17-28-11-13-33-14-12-28/h5-10H,11-18H2,1-4H3,(H,26,29). The van der Waals surface area contributed by atoms with Crippen LogP contribution < -0.4 is 19.5 Å². The maximum atomic E-state index is 12.6. The minimum absolute atomic E-state index is 0.0295. The molecule has 1 amide bonds. The van der Waals surface area contributed by atoms with Crippen LogP contribution in [0.25, 0.3) is 0 Å². The Balaban J connectivity index is 1.55. The molecule has 0 spiro atoms. The van der Waals surface area contributed by atoms with Crippen LogP contribution in [0.2, 0.25) is 0 Å². The van der Waals surface area contributed by atoms with Gasteiger partial charge in [0.15, 0.2) is 11.5 Å². The van der Waals surface area contributed by atoms with E-state index < -0.39 is 0 Å². The third kappa shape index (κ3) is 6.83. The Bertz CT molecular complexity index is 915. The fourth-order valence-electron chi connectivity index (χ4n) is 4.01. The van der Waals surface area contributed by atoms with E-state index in [1.807, 2.05) is 36.2 Å². The van der Waals surface area contributed by atoms with Crippen LogP contribution in [0.3, 0.4) is 0 Å². The van der Waals surface area contributed by atoms with Gasteiger partial charge in [0.1, 0.15) is 0 Å². The van der Waals surface area contributed by atoms with Crippen LogP contribution in [0.5, 0.6) is 17.2 Å². The first-order chi connectivity index (χ1) is 16.0. The molecule has 1 saturated heterocycles. The van der Waals surface area contributed by atoms with Gasteiger partial charge in [-0.3, -0.25) is 14.6 Å². The van der Waals surface area contributed by atoms with Crippen molar-refractivity contribution in [1.82, 2.24) is 15.1 Å². The van der Waals surface area contributed by atoms with Gasteiger partial charge in [0, 0.05) is 38.3 Å². The van der Waals surface area contributed by atoms with Crippen molar-refractivity contribution in [2.75, 3.05) is 61.2 Å². The summed E-state index contributed by atoms with van der Waals surface area (Å²) in [6.07, 6.45) is 0. The van der Waals surface area contributed by atoms with Crippen LogP contribution in [0.4, 0.5) is 0 Å². The molecule has 0 radical (unpaired) electrons. The molecule has 0 saturated carbocycles. The Morgan fingerprint density at radius 1 is 0.970 bits per heavy atom. The summed E-state index contributed by atoms with van der Waals surface area (Å²) in [6, 6.07) is 12.0. The minimum Gasteiger partial charge on any atom is -0.493 e. The van der Waals surface area contributed by atoms with Crippen molar-refractivity contribution < 1.29 is 23.7 Å². The van der Waals surface area contributed by atoms with Crippen LogP contribution in [-0.2, 0) is 29.2 Å². The molecule has 180 valence electrons. The zero-order valence-corrected chi connectivity index (χ0v) is 20.1. The van der Waals surface area contributed by atoms with E-state index in [4.69, 9.17) is 18.9 Å². The molecule has 0 aromatic heterocycles. The summed E-state index contributed by atoms with van der Waals surface area (Å²) in [6.45, 7) is 5.59. The number of hydrogen-bond acceptors (Lipinski definition) is 7. The smallest absolute Gasteiger partial charge is 0.234 e. The van der Waals surface area contributed by atoms with Gasteiger partial charge in [-0.15, -0.1) is 0 Å². The number of methoxy groups -OCH3 is 3. The van der Waals surface area contributed by atoms with Gasteiger partial charge in [0.05, 0.1) is 41.1 Å². The van der Waals surface area contributed by atoms with Crippen LogP contribution in [0.1, 0.15) is 16.7 Å². The summed E-state index contributed by atoms with van der Waals surface area (Å²) in [4.78, 5) is 17.0. The predicted molar refractivity (Wildman–Crippen MR) is 127 cm³/mol. The molecule has 2 aromatic rings. The molecule has 1 fully saturated rings. The number of nitrogens with zero attached hydrogens (tertiary/aromatic N) is 2. The largest absolute Gasteiger partial charge is 0.493 e. The number of likely N-dealkylation sites (N-methyl/N-ethyl adjacent to an activating group) is 1. The first-order valence-corrected chi connectivity index (χ1v) is 11.2. The second kappa shape index (κ2) is 12.4. The normalized spacial score (nSPS) is 14.2. The van der Waals surface area contributed by atoms with Crippen molar-refractivity contribution in [2.24, 2.45) is 0 Å². The average molecular weight is 458 g/mol. The van der Waals surface area contributed by atoms with Gasteiger partial charge in [-0.05, 0) is 24.2 Å². The number of carbonyl (C=O) groups is 1. The lowest BCUT2D eigenvalue weighted by Gasteiger charge is -2.27. The molecular weight excluding hydrogens is 422 g/mol. The average Bonchev–Trinajstić information content (AvgIpc) is 2.83. The van der Waals surface area contributed by atoms with Crippen molar-refractivity contribution in [2.45, 2.75) is 19.6 Å². The number of amides is 1. The van der Waals surface area contributed by atoms with E-state index in [1.165, 1.54) is 5.56 Å². The van der Waals surface area contributed by atoms with E-state index in [1.54, 1.807) is 21.3 Å². The van der Waals surface area contributed by atoms with Gasteiger partial charge in [-0.2, -0.15) is 0 Å². The Morgan fingerprint density at radius 3 is 2.33 bits per heavy atom. The van der Waals surface area contributed by atoms with Crippen LogP contribution in [-0.4, -0.2) is 76.9 Å². The third-order valence-electron chi connectivity index (χ3n) is 5.73. The van der Waals surface area contributed by atoms with E-state index in [0.29, 0.717) is 30.3 Å². The Hall–Kier alpha value is -2.81. The number of morpholine rings is 1. The maximum absolute atomic E-state index is 12.6. The van der Waals surface area contributed by atoms with Crippen molar-refractivity contribution in [3.63, 3.8) is 0 Å². The molecule has 0 aliphatic carbocycles. The highest BCUT2D eigenvalue weighted by Crippen LogP contribution is 2.40. The van der Waals surface area contributed by atoms with E-state index in [2.05, 4.69) is 22.3 Å². The van der Waals surface area contributed by atoms with Crippen molar-refractivity contribution >= 4 is 5.91 Å². The van der Waals surface area contributed by atoms with Gasteiger partial charge >= 0.3 is 0 Å². The zero-order valence-electron chi connectivity index (χ0n) is 20.1. The lowest BCUT2D eigenvalue weighted by Crippen LogP contribution is -2.36. The topological polar surface area (TPSA) is 72.5 Å². The van der Waals surface area contributed by atoms with Gasteiger partial charge < -0.3 is 24.3 Å². The molecule has 3 rings (SSSR count). The monoisotopic (exact) mass is 457 g/mol. The molecule has 2 aromatic carbocycles. The molecule has 1 aliphatic rings. The SMILES string of the molecule is COc1ccc(CN(C)CC(=O)NCc2ccccc2CN2CCOCC2)c(OC)c1OC. The molecule has 33 heavy (non-hydrogen) atoms. The van der Waals surface area contributed by atoms with Gasteiger partial charge in [-0.25, -0.2) is 0 Å². The second-order valence-corrected chi connectivity index (χ2v) is 8.10. The number of nitrogens with one attached hydrogen (secondary N) is 1. The fourth-order valence-corrected chi connectivity index (χ4v) is 4.01. The number of ether oxygens (including phenoxy) is 4. The van der Waals surface area contributed by atoms with E-state index in [9.17, 15) is 4.79 Å². The molecule has 1 aliphatic heterocycles. The van der Waals surface area contributed by atoms with Crippen LogP contribution in [0.15, 0.2) is 36.4 Å². The molecule has 8 heteroatoms. The van der Waals surface area contributed by atoms with Gasteiger partial charge in [0.2, 0.25) is 11.7 Å². The Kier molecular flexibility index (Phi) is 9.35. The Morgan fingerprint density at radius 2 is 1.67 bits per heavy atom. The lowest BCUT2D eigenvalue weighted by molar-refractivity contribution is -0.122. The van der Waals surface area contributed by atoms with E-state index in [-0.39, 0.29) is 12.5 Å². The van der Waals surface area contributed by atoms with Crippen molar-refractivity contribution in [1.29, 1.82) is 0 Å². The van der Waals surface area contributed by atoms with Crippen LogP contribution >= 0.6 is 0 Å². The molecule has 1 N–H and O–H groups in total. The quantitative estimate of drug-likeness (QED) is 0.555. The predicted octanol–water partition coefficient (Wildman–Crippen LogP) is 2.29. The molecule has 0 bridgehead atoms. The summed E-state index contributed by atoms with van der Waals surface area (Å²) >= 11 is 0. The van der Waals surface area contributed by atoms with E-state index >= 15 is 0 Å². The second-order valence-electron chi connectivity index (χ2n) is 8.10. The van der Waals surface area contributed by atoms with Gasteiger partial charge in [-0.1, -0.05) is 30.3 Å². The first kappa shape index (κ1) is 24.8. The summed E-state index contributed by atoms with van der Waals surface area (Å²) in [5.74, 6) is 1.74. The fraction of sp³-hybridized carbons (Fsp3) is 0.480. The summed E-state index contributed by atoms with van der Waals surface area (Å²) in [5, 5.41) is 3.06. The van der Waals surface area contributed by atoms with Gasteiger partial charge in [0.25, 0.3) is 0 Å². The molecular formula is C25H35N3O5. The number of hydrogen-bond donors (Lipinski definition) is 1. The molecule has 0 atom stereocenters. The number of benzene rings is 2. The molecule has 0 unspecified atom stereocenters. The highest BCUT2D eigenvalue weighted by molar-refractivity contribution is 5.78. The van der Waals surface area contributed by atoms with Crippen molar-refractivity contribution in [3.8, 4) is 17.2 Å². The number of rotatable bonds is 11. The van der Waals surface area contributed by atoms with E-state index in [0.717, 1.165) is 44.0 Å². The highest BCUT2D eigenvalue weighted by atomic mass is 16.5. The molecule has 1 heterocycles. The van der Waals surface area contributed by atoms with Crippen molar-refractivity contribution in [3.05, 3.63) is 53.1 Å². The minimum atomic E-state index is -0.0295. The van der Waals surface area contributed by atoms with Crippen LogP contribution in [0, 0.1) is 0 Å². The number of carbonyl (C=O) groups excluding carboxylic acids is 1. The first-order valence-electron chi connectivity index (χ1n) is 11.2. The third-order valence-corrected chi connectivity index (χ3v) is 5.73. The summed E-state index contributed by atoms with van der Waals surface area (Å²) in [5.41, 5.74) is 3.30.